The van der Waals surface area contributed by atoms with Crippen LogP contribution in [-0.4, -0.2) is 24.4 Å². The number of hydrogen-bond acceptors (Lipinski definition) is 3. The molecule has 0 unspecified atom stereocenters. The van der Waals surface area contributed by atoms with Gasteiger partial charge < -0.3 is 15.2 Å². The smallest absolute Gasteiger partial charge is 0.123 e. The number of ether oxygens (including phenoxy) is 1. The molecule has 114 valence electrons. The molecule has 0 radical (unpaired) electrons. The van der Waals surface area contributed by atoms with Gasteiger partial charge in [-0.15, -0.1) is 0 Å². The van der Waals surface area contributed by atoms with Crippen molar-refractivity contribution in [1.29, 1.82) is 0 Å². The summed E-state index contributed by atoms with van der Waals surface area (Å²) in [6.45, 7) is 5.04. The topological polar surface area (TPSA) is 41.5 Å². The van der Waals surface area contributed by atoms with Crippen LogP contribution < -0.4 is 10.1 Å². The van der Waals surface area contributed by atoms with Gasteiger partial charge in [0.1, 0.15) is 5.75 Å². The van der Waals surface area contributed by atoms with Gasteiger partial charge in [-0.2, -0.15) is 0 Å². The Hall–Kier alpha value is -1.58. The molecule has 21 heavy (non-hydrogen) atoms. The maximum Gasteiger partial charge on any atom is 0.123 e. The third-order valence-corrected chi connectivity index (χ3v) is 4.51. The average molecular weight is 287 g/mol. The van der Waals surface area contributed by atoms with E-state index in [9.17, 15) is 5.11 Å². The van der Waals surface area contributed by atoms with Crippen molar-refractivity contribution in [3.8, 4) is 5.75 Å². The fourth-order valence-electron chi connectivity index (χ4n) is 2.74. The van der Waals surface area contributed by atoms with Gasteiger partial charge in [0.2, 0.25) is 0 Å². The second-order valence-electron chi connectivity index (χ2n) is 5.47. The molecule has 0 saturated carbocycles. The van der Waals surface area contributed by atoms with Gasteiger partial charge in [0, 0.05) is 17.6 Å². The number of aliphatic hydroxyl groups is 1. The largest absolute Gasteiger partial charge is 0.496 e. The third-order valence-electron chi connectivity index (χ3n) is 4.51. The van der Waals surface area contributed by atoms with Crippen LogP contribution in [0.1, 0.15) is 32.3 Å². The fourth-order valence-corrected chi connectivity index (χ4v) is 2.74. The van der Waals surface area contributed by atoms with Crippen LogP contribution in [0, 0.1) is 0 Å². The Morgan fingerprint density at radius 1 is 1.10 bits per heavy atom. The number of methoxy groups -OCH3 is 1. The molecule has 0 heterocycles. The zero-order valence-corrected chi connectivity index (χ0v) is 13.1. The van der Waals surface area contributed by atoms with Crippen molar-refractivity contribution in [2.45, 2.75) is 38.8 Å². The lowest BCUT2D eigenvalue weighted by molar-refractivity contribution is 0.149. The van der Waals surface area contributed by atoms with E-state index in [0.717, 1.165) is 24.2 Å². The van der Waals surface area contributed by atoms with E-state index >= 15 is 0 Å². The van der Waals surface area contributed by atoms with Crippen LogP contribution in [0.2, 0.25) is 0 Å². The molecule has 0 atom stereocenters. The van der Waals surface area contributed by atoms with Crippen molar-refractivity contribution in [1.82, 2.24) is 5.32 Å². The molecule has 0 aliphatic carbocycles. The summed E-state index contributed by atoms with van der Waals surface area (Å²) in [6, 6.07) is 12.4. The highest BCUT2D eigenvalue weighted by atomic mass is 16.5. The Labute approximate surface area is 126 Å². The van der Waals surface area contributed by atoms with Gasteiger partial charge >= 0.3 is 0 Å². The molecular formula is C18H25NO2. The Morgan fingerprint density at radius 3 is 2.43 bits per heavy atom. The van der Waals surface area contributed by atoms with Crippen molar-refractivity contribution in [2.75, 3.05) is 13.7 Å². The van der Waals surface area contributed by atoms with E-state index < -0.39 is 0 Å². The third kappa shape index (κ3) is 3.20. The van der Waals surface area contributed by atoms with Gasteiger partial charge in [-0.25, -0.2) is 0 Å². The first-order valence-electron chi connectivity index (χ1n) is 7.60. The fraction of sp³-hybridized carbons (Fsp3) is 0.444. The standard InChI is InChI=1S/C18H25NO2/c1-4-18(5-2,13-20)19-12-16-15-9-7-6-8-14(15)10-11-17(16)21-3/h6-11,19-20H,4-5,12-13H2,1-3H3. The number of nitrogens with one attached hydrogen (secondary N) is 1. The lowest BCUT2D eigenvalue weighted by Crippen LogP contribution is -2.47. The molecule has 0 saturated heterocycles. The molecule has 0 spiro atoms. The minimum absolute atomic E-state index is 0.146. The molecule has 2 aromatic rings. The Bertz CT molecular complexity index is 583. The normalized spacial score (nSPS) is 11.8. The Balaban J connectivity index is 2.36. The van der Waals surface area contributed by atoms with Crippen LogP contribution in [-0.2, 0) is 6.54 Å². The maximum absolute atomic E-state index is 9.70. The zero-order chi connectivity index (χ0) is 15.3. The van der Waals surface area contributed by atoms with E-state index in [2.05, 4.69) is 37.4 Å². The molecule has 0 bridgehead atoms. The molecule has 3 nitrogen and oxygen atoms in total. The van der Waals surface area contributed by atoms with Crippen LogP contribution in [0.3, 0.4) is 0 Å². The van der Waals surface area contributed by atoms with Gasteiger partial charge in [0.15, 0.2) is 0 Å². The van der Waals surface area contributed by atoms with E-state index in [1.807, 2.05) is 18.2 Å². The first-order valence-corrected chi connectivity index (χ1v) is 7.60. The van der Waals surface area contributed by atoms with Crippen molar-refractivity contribution in [3.05, 3.63) is 42.0 Å². The first kappa shape index (κ1) is 15.8. The lowest BCUT2D eigenvalue weighted by atomic mass is 9.93. The van der Waals surface area contributed by atoms with E-state index in [1.165, 1.54) is 10.8 Å². The summed E-state index contributed by atoms with van der Waals surface area (Å²) in [4.78, 5) is 0. The van der Waals surface area contributed by atoms with E-state index in [-0.39, 0.29) is 12.1 Å². The molecule has 0 aliphatic heterocycles. The highest BCUT2D eigenvalue weighted by molar-refractivity contribution is 5.87. The molecule has 0 fully saturated rings. The second-order valence-corrected chi connectivity index (χ2v) is 5.47. The summed E-state index contributed by atoms with van der Waals surface area (Å²) in [5.74, 6) is 0.889. The van der Waals surface area contributed by atoms with Crippen molar-refractivity contribution in [2.24, 2.45) is 0 Å². The summed E-state index contributed by atoms with van der Waals surface area (Å²) in [7, 11) is 1.70. The number of aliphatic hydroxyl groups excluding tert-OH is 1. The zero-order valence-electron chi connectivity index (χ0n) is 13.1. The molecule has 2 rings (SSSR count). The molecule has 0 aliphatic rings. The number of rotatable bonds is 7. The Morgan fingerprint density at radius 2 is 1.81 bits per heavy atom. The molecular weight excluding hydrogens is 262 g/mol. The SMILES string of the molecule is CCC(CC)(CO)NCc1c(OC)ccc2ccccc12. The van der Waals surface area contributed by atoms with Crippen molar-refractivity contribution < 1.29 is 9.84 Å². The highest BCUT2D eigenvalue weighted by Gasteiger charge is 2.24. The van der Waals surface area contributed by atoms with Crippen LogP contribution in [0.15, 0.2) is 36.4 Å². The molecule has 3 heteroatoms. The summed E-state index contributed by atoms with van der Waals surface area (Å²) in [6.07, 6.45) is 1.79. The van der Waals surface area contributed by atoms with Gasteiger partial charge in [0.25, 0.3) is 0 Å². The Kier molecular flexibility index (Phi) is 5.21. The van der Waals surface area contributed by atoms with Crippen LogP contribution in [0.5, 0.6) is 5.75 Å². The van der Waals surface area contributed by atoms with Gasteiger partial charge in [-0.1, -0.05) is 44.2 Å². The van der Waals surface area contributed by atoms with Crippen molar-refractivity contribution >= 4 is 10.8 Å². The number of hydrogen-bond donors (Lipinski definition) is 2. The van der Waals surface area contributed by atoms with Crippen LogP contribution >= 0.6 is 0 Å². The minimum atomic E-state index is -0.220. The van der Waals surface area contributed by atoms with Gasteiger partial charge in [-0.05, 0) is 29.7 Å². The highest BCUT2D eigenvalue weighted by Crippen LogP contribution is 2.28. The summed E-state index contributed by atoms with van der Waals surface area (Å²) in [5.41, 5.74) is 0.928. The number of fused-ring (bicyclic) bond motifs is 1. The lowest BCUT2D eigenvalue weighted by Gasteiger charge is -2.31. The second kappa shape index (κ2) is 6.92. The quantitative estimate of drug-likeness (QED) is 0.819. The molecule has 0 aromatic heterocycles. The van der Waals surface area contributed by atoms with Crippen LogP contribution in [0.25, 0.3) is 10.8 Å². The first-order chi connectivity index (χ1) is 10.2. The summed E-state index contributed by atoms with van der Waals surface area (Å²) >= 11 is 0. The van der Waals surface area contributed by atoms with Gasteiger partial charge in [-0.3, -0.25) is 0 Å². The summed E-state index contributed by atoms with van der Waals surface area (Å²) in [5, 5.41) is 15.6. The van der Waals surface area contributed by atoms with Crippen molar-refractivity contribution in [3.63, 3.8) is 0 Å². The molecule has 2 N–H and O–H groups in total. The maximum atomic E-state index is 9.70. The van der Waals surface area contributed by atoms with E-state index in [4.69, 9.17) is 4.74 Å². The van der Waals surface area contributed by atoms with E-state index in [1.54, 1.807) is 7.11 Å². The average Bonchev–Trinajstić information content (AvgIpc) is 2.56. The molecule has 2 aromatic carbocycles. The number of benzene rings is 2. The predicted molar refractivity (Wildman–Crippen MR) is 87.7 cm³/mol. The van der Waals surface area contributed by atoms with Crippen LogP contribution in [0.4, 0.5) is 0 Å². The minimum Gasteiger partial charge on any atom is -0.496 e. The van der Waals surface area contributed by atoms with E-state index in [0.29, 0.717) is 6.54 Å². The predicted octanol–water partition coefficient (Wildman–Crippen LogP) is 3.49. The van der Waals surface area contributed by atoms with Gasteiger partial charge in [0.05, 0.1) is 13.7 Å². The summed E-state index contributed by atoms with van der Waals surface area (Å²) < 4.78 is 5.52. The molecule has 0 amide bonds. The monoisotopic (exact) mass is 287 g/mol.